The van der Waals surface area contributed by atoms with Gasteiger partial charge in [0.05, 0.1) is 11.7 Å². The predicted molar refractivity (Wildman–Crippen MR) is 129 cm³/mol. The number of hydrogen-bond donors (Lipinski definition) is 1. The molecule has 1 aliphatic rings. The van der Waals surface area contributed by atoms with Crippen molar-refractivity contribution in [2.45, 2.75) is 25.4 Å². The Morgan fingerprint density at radius 3 is 2.74 bits per heavy atom. The number of hydrogen-bond acceptors (Lipinski definition) is 4. The van der Waals surface area contributed by atoms with Crippen LogP contribution < -0.4 is 5.32 Å². The van der Waals surface area contributed by atoms with Crippen molar-refractivity contribution in [1.29, 1.82) is 0 Å². The molecule has 1 N–H and O–H groups in total. The molecule has 162 valence electrons. The van der Waals surface area contributed by atoms with Gasteiger partial charge in [-0.3, -0.25) is 4.98 Å². The number of thiocarbonyl (C=S) groups is 1. The van der Waals surface area contributed by atoms with E-state index in [2.05, 4.69) is 34.2 Å². The van der Waals surface area contributed by atoms with E-state index in [4.69, 9.17) is 28.2 Å². The zero-order chi connectivity index (χ0) is 22.0. The molecule has 0 amide bonds. The highest BCUT2D eigenvalue weighted by atomic mass is 35.5. The molecule has 2 atom stereocenters. The van der Waals surface area contributed by atoms with Crippen molar-refractivity contribution in [3.8, 4) is 11.3 Å². The number of aryl methyl sites for hydroxylation is 1. The van der Waals surface area contributed by atoms with E-state index in [9.17, 15) is 0 Å². The van der Waals surface area contributed by atoms with Crippen LogP contribution in [0, 0.1) is 6.92 Å². The lowest BCUT2D eigenvalue weighted by Crippen LogP contribution is -2.32. The highest BCUT2D eigenvalue weighted by molar-refractivity contribution is 7.80. The molecular weight excluding hydrogens is 428 g/mol. The molecule has 0 unspecified atom stereocenters. The summed E-state index contributed by atoms with van der Waals surface area (Å²) in [6.45, 7) is 3.82. The van der Waals surface area contributed by atoms with Crippen LogP contribution in [0.25, 0.3) is 11.3 Å². The Labute approximate surface area is 194 Å². The smallest absolute Gasteiger partial charge is 0.170 e. The van der Waals surface area contributed by atoms with Gasteiger partial charge in [-0.05, 0) is 82.1 Å². The molecule has 7 heteroatoms. The zero-order valence-electron chi connectivity index (χ0n) is 18.0. The number of benzene rings is 1. The fourth-order valence-corrected chi connectivity index (χ4v) is 4.44. The first kappa shape index (κ1) is 21.8. The van der Waals surface area contributed by atoms with Crippen molar-refractivity contribution in [1.82, 2.24) is 20.1 Å². The Balaban J connectivity index is 1.67. The molecule has 3 heterocycles. The van der Waals surface area contributed by atoms with Gasteiger partial charge in [0.1, 0.15) is 17.6 Å². The topological polar surface area (TPSA) is 44.5 Å². The summed E-state index contributed by atoms with van der Waals surface area (Å²) in [5, 5.41) is 4.94. The normalized spacial score (nSPS) is 18.6. The fourth-order valence-electron chi connectivity index (χ4n) is 3.93. The molecular formula is C24H27ClN4OS. The van der Waals surface area contributed by atoms with Gasteiger partial charge >= 0.3 is 0 Å². The molecule has 31 heavy (non-hydrogen) atoms. The first-order chi connectivity index (χ1) is 14.9. The van der Waals surface area contributed by atoms with Crippen LogP contribution in [0.4, 0.5) is 0 Å². The number of furan rings is 1. The van der Waals surface area contributed by atoms with Gasteiger partial charge in [-0.15, -0.1) is 0 Å². The molecule has 4 rings (SSSR count). The van der Waals surface area contributed by atoms with Gasteiger partial charge in [-0.25, -0.2) is 0 Å². The third kappa shape index (κ3) is 4.76. The number of nitrogens with zero attached hydrogens (tertiary/aromatic N) is 3. The molecule has 2 aromatic heterocycles. The van der Waals surface area contributed by atoms with Gasteiger partial charge in [0.15, 0.2) is 5.11 Å². The maximum Gasteiger partial charge on any atom is 0.170 e. The summed E-state index contributed by atoms with van der Waals surface area (Å²) in [5.74, 6) is 1.65. The molecule has 0 bridgehead atoms. The van der Waals surface area contributed by atoms with Crippen LogP contribution in [-0.2, 0) is 0 Å². The Bertz CT molecular complexity index is 1050. The Kier molecular flexibility index (Phi) is 6.60. The van der Waals surface area contributed by atoms with E-state index in [1.807, 2.05) is 61.7 Å². The lowest BCUT2D eigenvalue weighted by Gasteiger charge is -2.26. The molecule has 0 saturated carbocycles. The SMILES string of the molecule is Cc1ccc(-c2ccc([C@@H]3[C@@H](c4ccccn4)NC(=S)N3CCCN(C)C)o2)cc1Cl. The summed E-state index contributed by atoms with van der Waals surface area (Å²) in [6.07, 6.45) is 2.81. The van der Waals surface area contributed by atoms with Crippen LogP contribution in [-0.4, -0.2) is 47.1 Å². The van der Waals surface area contributed by atoms with E-state index in [-0.39, 0.29) is 12.1 Å². The zero-order valence-corrected chi connectivity index (χ0v) is 19.6. The highest BCUT2D eigenvalue weighted by Crippen LogP contribution is 2.40. The van der Waals surface area contributed by atoms with Crippen molar-refractivity contribution in [3.05, 3.63) is 76.8 Å². The molecule has 0 aliphatic carbocycles. The van der Waals surface area contributed by atoms with Crippen molar-refractivity contribution >= 4 is 28.9 Å². The van der Waals surface area contributed by atoms with Crippen LogP contribution in [0.1, 0.15) is 35.5 Å². The van der Waals surface area contributed by atoms with Crippen molar-refractivity contribution in [2.75, 3.05) is 27.2 Å². The van der Waals surface area contributed by atoms with Crippen LogP contribution in [0.2, 0.25) is 5.02 Å². The summed E-state index contributed by atoms with van der Waals surface area (Å²) < 4.78 is 6.37. The summed E-state index contributed by atoms with van der Waals surface area (Å²) in [5.41, 5.74) is 2.95. The van der Waals surface area contributed by atoms with E-state index in [1.165, 1.54) is 0 Å². The third-order valence-electron chi connectivity index (χ3n) is 5.58. The second kappa shape index (κ2) is 9.39. The second-order valence-electron chi connectivity index (χ2n) is 8.14. The number of rotatable bonds is 7. The highest BCUT2D eigenvalue weighted by Gasteiger charge is 2.41. The van der Waals surface area contributed by atoms with E-state index < -0.39 is 0 Å². The minimum absolute atomic E-state index is 0.0702. The van der Waals surface area contributed by atoms with Gasteiger partial charge in [-0.2, -0.15) is 0 Å². The second-order valence-corrected chi connectivity index (χ2v) is 8.94. The van der Waals surface area contributed by atoms with Gasteiger partial charge in [0.2, 0.25) is 0 Å². The number of nitrogens with one attached hydrogen (secondary N) is 1. The minimum Gasteiger partial charge on any atom is -0.459 e. The summed E-state index contributed by atoms with van der Waals surface area (Å²) in [6, 6.07) is 15.8. The molecule has 0 radical (unpaired) electrons. The minimum atomic E-state index is -0.0753. The molecule has 1 fully saturated rings. The van der Waals surface area contributed by atoms with Gasteiger partial charge in [0.25, 0.3) is 0 Å². The monoisotopic (exact) mass is 454 g/mol. The van der Waals surface area contributed by atoms with Crippen molar-refractivity contribution in [3.63, 3.8) is 0 Å². The van der Waals surface area contributed by atoms with E-state index in [0.29, 0.717) is 0 Å². The quantitative estimate of drug-likeness (QED) is 0.493. The summed E-state index contributed by atoms with van der Waals surface area (Å²) in [7, 11) is 4.17. The summed E-state index contributed by atoms with van der Waals surface area (Å²) >= 11 is 12.1. The molecule has 1 saturated heterocycles. The van der Waals surface area contributed by atoms with Crippen LogP contribution in [0.15, 0.2) is 59.1 Å². The van der Waals surface area contributed by atoms with Gasteiger partial charge in [-0.1, -0.05) is 29.8 Å². The molecule has 5 nitrogen and oxygen atoms in total. The van der Waals surface area contributed by atoms with Crippen molar-refractivity contribution < 1.29 is 4.42 Å². The maximum atomic E-state index is 6.37. The van der Waals surface area contributed by atoms with E-state index in [1.54, 1.807) is 0 Å². The Hall–Kier alpha value is -2.41. The van der Waals surface area contributed by atoms with Gasteiger partial charge < -0.3 is 19.5 Å². The van der Waals surface area contributed by atoms with Crippen LogP contribution in [0.3, 0.4) is 0 Å². The average molecular weight is 455 g/mol. The fraction of sp³-hybridized carbons (Fsp3) is 0.333. The summed E-state index contributed by atoms with van der Waals surface area (Å²) in [4.78, 5) is 8.99. The van der Waals surface area contributed by atoms with Gasteiger partial charge in [0, 0.05) is 23.3 Å². The Morgan fingerprint density at radius 1 is 1.19 bits per heavy atom. The first-order valence-electron chi connectivity index (χ1n) is 10.4. The predicted octanol–water partition coefficient (Wildman–Crippen LogP) is 5.23. The molecule has 1 aliphatic heterocycles. The van der Waals surface area contributed by atoms with Crippen LogP contribution >= 0.6 is 23.8 Å². The maximum absolute atomic E-state index is 6.37. The first-order valence-corrected chi connectivity index (χ1v) is 11.2. The average Bonchev–Trinajstić information content (AvgIpc) is 3.35. The molecule has 0 spiro atoms. The number of pyridine rings is 1. The standard InChI is InChI=1S/C24H27ClN4OS/c1-16-8-9-17(15-18(16)25)20-10-11-21(30-20)23-22(19-7-4-5-12-26-19)27-24(31)29(23)14-6-13-28(2)3/h4-5,7-12,15,22-23H,6,13-14H2,1-3H3,(H,27,31)/t22-,23-/m1/s1. The largest absolute Gasteiger partial charge is 0.459 e. The molecule has 3 aromatic rings. The molecule has 1 aromatic carbocycles. The third-order valence-corrected chi connectivity index (χ3v) is 6.34. The van der Waals surface area contributed by atoms with Crippen LogP contribution in [0.5, 0.6) is 0 Å². The number of aromatic nitrogens is 1. The lowest BCUT2D eigenvalue weighted by molar-refractivity contribution is 0.261. The van der Waals surface area contributed by atoms with E-state index >= 15 is 0 Å². The Morgan fingerprint density at radius 2 is 2.03 bits per heavy atom. The lowest BCUT2D eigenvalue weighted by atomic mass is 10.0. The van der Waals surface area contributed by atoms with E-state index in [0.717, 1.165) is 58.0 Å². The number of halogens is 1. The van der Waals surface area contributed by atoms with Crippen molar-refractivity contribution in [2.24, 2.45) is 0 Å².